The summed E-state index contributed by atoms with van der Waals surface area (Å²) < 4.78 is 55.0. The fraction of sp³-hybridized carbons (Fsp3) is 0.0769. The zero-order chi connectivity index (χ0) is 21.9. The molecule has 0 atom stereocenters. The van der Waals surface area contributed by atoms with Gasteiger partial charge in [0.25, 0.3) is 0 Å². The first-order valence-electron chi connectivity index (χ1n) is 9.82. The highest BCUT2D eigenvalue weighted by Crippen LogP contribution is 2.58. The molecule has 0 spiro atoms. The van der Waals surface area contributed by atoms with Crippen LogP contribution in [0.1, 0.15) is 11.1 Å². The van der Waals surface area contributed by atoms with Gasteiger partial charge in [0.15, 0.2) is 0 Å². The van der Waals surface area contributed by atoms with E-state index in [-0.39, 0.29) is 28.7 Å². The Morgan fingerprint density at radius 3 is 1.38 bits per heavy atom. The van der Waals surface area contributed by atoms with Crippen molar-refractivity contribution in [3.05, 3.63) is 126 Å². The van der Waals surface area contributed by atoms with E-state index in [9.17, 15) is 17.6 Å². The molecule has 0 aliphatic carbocycles. The molecule has 4 aromatic rings. The maximum atomic E-state index is 14.9. The average molecular weight is 519 g/mol. The van der Waals surface area contributed by atoms with Gasteiger partial charge in [0.2, 0.25) is 0 Å². The van der Waals surface area contributed by atoms with E-state index in [0.29, 0.717) is 0 Å². The van der Waals surface area contributed by atoms with Crippen molar-refractivity contribution in [1.82, 2.24) is 0 Å². The second-order valence-electron chi connectivity index (χ2n) is 7.28. The summed E-state index contributed by atoms with van der Waals surface area (Å²) in [7, 11) is -2.48. The largest absolute Gasteiger partial charge is 1.00 e. The Hall–Kier alpha value is -2.49. The van der Waals surface area contributed by atoms with Gasteiger partial charge in [0, 0.05) is 5.56 Å². The van der Waals surface area contributed by atoms with Gasteiger partial charge < -0.3 is 17.0 Å². The number of hydrogen-bond donors (Lipinski definition) is 0. The van der Waals surface area contributed by atoms with Gasteiger partial charge in [0.1, 0.15) is 35.2 Å². The molecule has 4 rings (SSSR count). The normalized spacial score (nSPS) is 11.6. The Morgan fingerprint density at radius 2 is 1.00 bits per heavy atom. The zero-order valence-corrected chi connectivity index (χ0v) is 19.4. The van der Waals surface area contributed by atoms with Gasteiger partial charge in [-0.15, -0.1) is 0 Å². The van der Waals surface area contributed by atoms with E-state index in [1.165, 1.54) is 0 Å². The van der Waals surface area contributed by atoms with Crippen molar-refractivity contribution in [2.75, 3.05) is 0 Å². The van der Waals surface area contributed by atoms with E-state index >= 15 is 0 Å². The quantitative estimate of drug-likeness (QED) is 0.281. The third kappa shape index (κ3) is 4.79. The van der Waals surface area contributed by atoms with Gasteiger partial charge in [-0.3, -0.25) is 0 Å². The number of benzene rings is 4. The molecule has 0 aromatic heterocycles. The van der Waals surface area contributed by atoms with Crippen LogP contribution in [0, 0.1) is 5.82 Å². The highest BCUT2D eigenvalue weighted by molar-refractivity contribution is 7.95. The van der Waals surface area contributed by atoms with Crippen molar-refractivity contribution < 1.29 is 34.5 Å². The predicted molar refractivity (Wildman–Crippen MR) is 120 cm³/mol. The lowest BCUT2D eigenvalue weighted by molar-refractivity contribution is -0.137. The monoisotopic (exact) mass is 518 g/mol. The number of alkyl halides is 3. The molecule has 4 aromatic carbocycles. The Balaban J connectivity index is 0.00000289. The Labute approximate surface area is 196 Å². The maximum Gasteiger partial charge on any atom is 0.416 e. The van der Waals surface area contributed by atoms with Crippen LogP contribution in [-0.4, -0.2) is 0 Å². The lowest BCUT2D eigenvalue weighted by Gasteiger charge is -2.28. The molecule has 0 fully saturated rings. The van der Waals surface area contributed by atoms with E-state index < -0.39 is 24.8 Å². The molecule has 164 valence electrons. The van der Waals surface area contributed by atoms with Crippen LogP contribution in [-0.2, 0) is 12.3 Å². The van der Waals surface area contributed by atoms with Crippen LogP contribution < -0.4 is 32.9 Å². The first-order valence-corrected chi connectivity index (χ1v) is 11.8. The molecule has 0 radical (unpaired) electrons. The van der Waals surface area contributed by atoms with Crippen molar-refractivity contribution in [3.63, 3.8) is 0 Å². The molecule has 6 heteroatoms. The number of rotatable bonds is 5. The zero-order valence-electron chi connectivity index (χ0n) is 16.9. The average Bonchev–Trinajstić information content (AvgIpc) is 2.79. The van der Waals surface area contributed by atoms with Crippen LogP contribution in [0.3, 0.4) is 0 Å². The highest BCUT2D eigenvalue weighted by atomic mass is 79.9. The summed E-state index contributed by atoms with van der Waals surface area (Å²) in [5, 5.41) is 2.97. The van der Waals surface area contributed by atoms with Crippen LogP contribution in [0.4, 0.5) is 17.6 Å². The van der Waals surface area contributed by atoms with Crippen LogP contribution >= 0.6 is 7.26 Å². The van der Waals surface area contributed by atoms with Crippen molar-refractivity contribution in [2.24, 2.45) is 0 Å². The maximum absolute atomic E-state index is 14.9. The SMILES string of the molecule is Fc1ccc(C(F)(F)F)cc1C[P+](c1ccccc1)(c1ccccc1)c1ccccc1.[Br-]. The summed E-state index contributed by atoms with van der Waals surface area (Å²) >= 11 is 0. The topological polar surface area (TPSA) is 0 Å². The van der Waals surface area contributed by atoms with Crippen molar-refractivity contribution in [1.29, 1.82) is 0 Å². The molecule has 0 aliphatic heterocycles. The van der Waals surface area contributed by atoms with E-state index in [0.717, 1.165) is 34.1 Å². The number of hydrogen-bond acceptors (Lipinski definition) is 0. The number of halogens is 5. The van der Waals surface area contributed by atoms with Crippen molar-refractivity contribution in [3.8, 4) is 0 Å². The van der Waals surface area contributed by atoms with Gasteiger partial charge >= 0.3 is 6.18 Å². The molecule has 0 N–H and O–H groups in total. The first-order chi connectivity index (χ1) is 14.9. The third-order valence-corrected chi connectivity index (χ3v) is 9.73. The van der Waals surface area contributed by atoms with Gasteiger partial charge in [-0.1, -0.05) is 54.6 Å². The first kappa shape index (κ1) is 24.2. The minimum absolute atomic E-state index is 0. The molecular weight excluding hydrogens is 499 g/mol. The molecular formula is C26H20BrF4P. The van der Waals surface area contributed by atoms with Gasteiger partial charge in [-0.05, 0) is 54.6 Å². The van der Waals surface area contributed by atoms with Gasteiger partial charge in [-0.25, -0.2) is 4.39 Å². The minimum Gasteiger partial charge on any atom is -1.00 e. The predicted octanol–water partition coefficient (Wildman–Crippen LogP) is 3.34. The highest BCUT2D eigenvalue weighted by Gasteiger charge is 2.46. The second kappa shape index (κ2) is 9.97. The van der Waals surface area contributed by atoms with Crippen molar-refractivity contribution >= 4 is 23.2 Å². The molecule has 0 saturated carbocycles. The van der Waals surface area contributed by atoms with E-state index in [1.807, 2.05) is 91.0 Å². The molecule has 0 unspecified atom stereocenters. The minimum atomic E-state index is -4.53. The lowest BCUT2D eigenvalue weighted by atomic mass is 10.1. The van der Waals surface area contributed by atoms with E-state index in [2.05, 4.69) is 0 Å². The molecule has 0 heterocycles. The fourth-order valence-corrected chi connectivity index (χ4v) is 8.14. The van der Waals surface area contributed by atoms with Crippen LogP contribution in [0.15, 0.2) is 109 Å². The standard InChI is InChI=1S/C26H20F4P.BrH/c27-25-17-16-21(26(28,29)30)18-20(25)19-31(22-10-4-1-5-11-22,23-12-6-2-7-13-23)24-14-8-3-9-15-24;/h1-18H,19H2;1H/q+1;/p-1. The molecule has 0 amide bonds. The molecule has 32 heavy (non-hydrogen) atoms. The van der Waals surface area contributed by atoms with Crippen LogP contribution in [0.5, 0.6) is 0 Å². The summed E-state index contributed by atoms with van der Waals surface area (Å²) in [5.41, 5.74) is -0.768. The molecule has 0 saturated heterocycles. The van der Waals surface area contributed by atoms with E-state index in [4.69, 9.17) is 0 Å². The molecule has 0 aliphatic rings. The second-order valence-corrected chi connectivity index (χ2v) is 10.8. The van der Waals surface area contributed by atoms with Crippen LogP contribution in [0.25, 0.3) is 0 Å². The lowest BCUT2D eigenvalue weighted by Crippen LogP contribution is -3.00. The fourth-order valence-electron chi connectivity index (χ4n) is 3.90. The van der Waals surface area contributed by atoms with Gasteiger partial charge in [-0.2, -0.15) is 13.2 Å². The Kier molecular flexibility index (Phi) is 7.53. The summed E-state index contributed by atoms with van der Waals surface area (Å²) in [6, 6.07) is 31.8. The van der Waals surface area contributed by atoms with Crippen molar-refractivity contribution in [2.45, 2.75) is 12.3 Å². The summed E-state index contributed by atoms with van der Waals surface area (Å²) in [6.07, 6.45) is -4.38. The molecule has 0 nitrogen and oxygen atoms in total. The summed E-state index contributed by atoms with van der Waals surface area (Å²) in [4.78, 5) is 0. The molecule has 0 bridgehead atoms. The third-order valence-electron chi connectivity index (χ3n) is 5.37. The van der Waals surface area contributed by atoms with Crippen LogP contribution in [0.2, 0.25) is 0 Å². The van der Waals surface area contributed by atoms with Gasteiger partial charge in [0.05, 0.1) is 5.56 Å². The Bertz CT molecular complexity index is 1050. The Morgan fingerprint density at radius 1 is 0.594 bits per heavy atom. The van der Waals surface area contributed by atoms with E-state index in [1.54, 1.807) is 0 Å². The smallest absolute Gasteiger partial charge is 0.416 e. The summed E-state index contributed by atoms with van der Waals surface area (Å²) in [5.74, 6) is -0.625. The summed E-state index contributed by atoms with van der Waals surface area (Å²) in [6.45, 7) is 0.